The molecule has 0 saturated heterocycles. The van der Waals surface area contributed by atoms with E-state index in [9.17, 15) is 0 Å². The minimum absolute atomic E-state index is 0.917. The van der Waals surface area contributed by atoms with Crippen molar-refractivity contribution in [1.82, 2.24) is 4.98 Å². The molecular weight excluding hydrogens is 328 g/mol. The lowest BCUT2D eigenvalue weighted by molar-refractivity contribution is 1.40. The molecule has 0 aliphatic rings. The summed E-state index contributed by atoms with van der Waals surface area (Å²) >= 11 is 6.75. The van der Waals surface area contributed by atoms with Crippen LogP contribution in [0.4, 0.5) is 10.8 Å². The highest BCUT2D eigenvalue weighted by Crippen LogP contribution is 2.29. The van der Waals surface area contributed by atoms with Crippen LogP contribution in [0.25, 0.3) is 10.6 Å². The Labute approximate surface area is 121 Å². The van der Waals surface area contributed by atoms with E-state index in [4.69, 9.17) is 0 Å². The minimum Gasteiger partial charge on any atom is -0.332 e. The fourth-order valence-corrected chi connectivity index (χ4v) is 3.28. The highest BCUT2D eigenvalue weighted by molar-refractivity contribution is 9.10. The molecule has 18 heavy (non-hydrogen) atoms. The Kier molecular flexibility index (Phi) is 3.45. The van der Waals surface area contributed by atoms with E-state index in [-0.39, 0.29) is 0 Å². The summed E-state index contributed by atoms with van der Waals surface area (Å²) in [7, 11) is 0. The summed E-state index contributed by atoms with van der Waals surface area (Å²) in [6, 6.07) is 12.2. The van der Waals surface area contributed by atoms with Crippen LogP contribution in [-0.2, 0) is 0 Å². The third-order valence-corrected chi connectivity index (χ3v) is 4.55. The number of hydrogen-bond donors (Lipinski definition) is 1. The molecule has 0 saturated carbocycles. The first-order valence-corrected chi connectivity index (χ1v) is 7.88. The van der Waals surface area contributed by atoms with E-state index in [0.29, 0.717) is 0 Å². The van der Waals surface area contributed by atoms with Crippen molar-refractivity contribution in [3.05, 3.63) is 51.6 Å². The number of anilines is 2. The zero-order valence-corrected chi connectivity index (χ0v) is 12.5. The highest BCUT2D eigenvalue weighted by Gasteiger charge is 2.05. The van der Waals surface area contributed by atoms with Crippen molar-refractivity contribution in [1.29, 1.82) is 0 Å². The first kappa shape index (κ1) is 11.9. The SMILES string of the molecule is Brc1ccc(Nc2nc(-c3cccs3)cs2)cc1. The Balaban J connectivity index is 1.80. The molecule has 0 atom stereocenters. The first-order chi connectivity index (χ1) is 8.81. The third-order valence-electron chi connectivity index (χ3n) is 2.37. The molecule has 0 aliphatic heterocycles. The molecule has 0 unspecified atom stereocenters. The second-order valence-corrected chi connectivity index (χ2v) is 6.37. The Bertz CT molecular complexity index is 629. The second kappa shape index (κ2) is 5.22. The van der Waals surface area contributed by atoms with E-state index in [1.54, 1.807) is 22.7 Å². The maximum absolute atomic E-state index is 4.58. The zero-order valence-electron chi connectivity index (χ0n) is 9.26. The fourth-order valence-electron chi connectivity index (χ4n) is 1.53. The van der Waals surface area contributed by atoms with Crippen LogP contribution in [-0.4, -0.2) is 4.98 Å². The summed E-state index contributed by atoms with van der Waals surface area (Å²) in [5.41, 5.74) is 2.08. The van der Waals surface area contributed by atoms with Gasteiger partial charge in [0.15, 0.2) is 5.13 Å². The average Bonchev–Trinajstić information content (AvgIpc) is 3.02. The van der Waals surface area contributed by atoms with E-state index in [2.05, 4.69) is 43.1 Å². The molecule has 1 aromatic carbocycles. The lowest BCUT2D eigenvalue weighted by Crippen LogP contribution is -1.88. The zero-order chi connectivity index (χ0) is 12.4. The summed E-state index contributed by atoms with van der Waals surface area (Å²) in [6.07, 6.45) is 0. The van der Waals surface area contributed by atoms with Gasteiger partial charge in [0.05, 0.1) is 10.6 Å². The second-order valence-electron chi connectivity index (χ2n) is 3.65. The maximum Gasteiger partial charge on any atom is 0.187 e. The van der Waals surface area contributed by atoms with E-state index in [1.807, 2.05) is 30.3 Å². The standard InChI is InChI=1S/C13H9BrN2S2/c14-9-3-5-10(6-4-9)15-13-16-11(8-18-13)12-2-1-7-17-12/h1-8H,(H,15,16). The molecule has 0 spiro atoms. The number of nitrogens with zero attached hydrogens (tertiary/aromatic N) is 1. The monoisotopic (exact) mass is 336 g/mol. The van der Waals surface area contributed by atoms with Gasteiger partial charge in [-0.25, -0.2) is 4.98 Å². The molecule has 2 nitrogen and oxygen atoms in total. The topological polar surface area (TPSA) is 24.9 Å². The Hall–Kier alpha value is -1.17. The van der Waals surface area contributed by atoms with Gasteiger partial charge in [0.1, 0.15) is 0 Å². The number of thiophene rings is 1. The quantitative estimate of drug-likeness (QED) is 0.694. The van der Waals surface area contributed by atoms with Crippen molar-refractivity contribution in [3.63, 3.8) is 0 Å². The van der Waals surface area contributed by atoms with Crippen LogP contribution in [0, 0.1) is 0 Å². The van der Waals surface area contributed by atoms with Crippen molar-refractivity contribution in [3.8, 4) is 10.6 Å². The van der Waals surface area contributed by atoms with Crippen molar-refractivity contribution < 1.29 is 0 Å². The number of aromatic nitrogens is 1. The van der Waals surface area contributed by atoms with Crippen LogP contribution in [0.3, 0.4) is 0 Å². The van der Waals surface area contributed by atoms with Gasteiger partial charge in [0.25, 0.3) is 0 Å². The summed E-state index contributed by atoms with van der Waals surface area (Å²) < 4.78 is 1.08. The Morgan fingerprint density at radius 3 is 2.61 bits per heavy atom. The molecule has 0 bridgehead atoms. The molecule has 1 N–H and O–H groups in total. The minimum atomic E-state index is 0.917. The molecule has 0 aliphatic carbocycles. The van der Waals surface area contributed by atoms with Crippen LogP contribution in [0.2, 0.25) is 0 Å². The molecule has 3 rings (SSSR count). The van der Waals surface area contributed by atoms with Gasteiger partial charge >= 0.3 is 0 Å². The van der Waals surface area contributed by atoms with Crippen LogP contribution in [0.1, 0.15) is 0 Å². The van der Waals surface area contributed by atoms with Gasteiger partial charge < -0.3 is 5.32 Å². The predicted octanol–water partition coefficient (Wildman–Crippen LogP) is 5.38. The molecular formula is C13H9BrN2S2. The van der Waals surface area contributed by atoms with Crippen LogP contribution in [0.15, 0.2) is 51.6 Å². The number of hydrogen-bond acceptors (Lipinski definition) is 4. The predicted molar refractivity (Wildman–Crippen MR) is 82.9 cm³/mol. The van der Waals surface area contributed by atoms with Gasteiger partial charge in [-0.15, -0.1) is 22.7 Å². The highest BCUT2D eigenvalue weighted by atomic mass is 79.9. The molecule has 0 fully saturated rings. The van der Waals surface area contributed by atoms with Crippen molar-refractivity contribution >= 4 is 49.4 Å². The summed E-state index contributed by atoms with van der Waals surface area (Å²) in [4.78, 5) is 5.78. The smallest absolute Gasteiger partial charge is 0.187 e. The largest absolute Gasteiger partial charge is 0.332 e. The molecule has 2 heterocycles. The van der Waals surface area contributed by atoms with Crippen molar-refractivity contribution in [2.75, 3.05) is 5.32 Å². The van der Waals surface area contributed by atoms with Gasteiger partial charge in [-0.05, 0) is 35.7 Å². The molecule has 3 aromatic rings. The number of benzene rings is 1. The summed E-state index contributed by atoms with van der Waals surface area (Å²) in [5.74, 6) is 0. The number of thiazole rings is 1. The Morgan fingerprint density at radius 1 is 1.06 bits per heavy atom. The normalized spacial score (nSPS) is 10.5. The van der Waals surface area contributed by atoms with Crippen LogP contribution in [0.5, 0.6) is 0 Å². The lowest BCUT2D eigenvalue weighted by Gasteiger charge is -2.01. The van der Waals surface area contributed by atoms with Gasteiger partial charge in [0.2, 0.25) is 0 Å². The van der Waals surface area contributed by atoms with Gasteiger partial charge in [-0.1, -0.05) is 22.0 Å². The molecule has 2 aromatic heterocycles. The average molecular weight is 337 g/mol. The van der Waals surface area contributed by atoms with E-state index >= 15 is 0 Å². The number of nitrogens with one attached hydrogen (secondary N) is 1. The molecule has 90 valence electrons. The molecule has 0 radical (unpaired) electrons. The third kappa shape index (κ3) is 2.63. The number of halogens is 1. The molecule has 5 heteroatoms. The van der Waals surface area contributed by atoms with E-state index in [0.717, 1.165) is 21.0 Å². The fraction of sp³-hybridized carbons (Fsp3) is 0. The van der Waals surface area contributed by atoms with Gasteiger partial charge in [0, 0.05) is 15.5 Å². The molecule has 0 amide bonds. The van der Waals surface area contributed by atoms with E-state index < -0.39 is 0 Å². The van der Waals surface area contributed by atoms with Crippen molar-refractivity contribution in [2.45, 2.75) is 0 Å². The number of rotatable bonds is 3. The Morgan fingerprint density at radius 2 is 1.89 bits per heavy atom. The van der Waals surface area contributed by atoms with Crippen LogP contribution < -0.4 is 5.32 Å². The van der Waals surface area contributed by atoms with Gasteiger partial charge in [-0.2, -0.15) is 0 Å². The van der Waals surface area contributed by atoms with Gasteiger partial charge in [-0.3, -0.25) is 0 Å². The van der Waals surface area contributed by atoms with Crippen molar-refractivity contribution in [2.24, 2.45) is 0 Å². The summed E-state index contributed by atoms with van der Waals surface area (Å²) in [6.45, 7) is 0. The first-order valence-electron chi connectivity index (χ1n) is 5.33. The van der Waals surface area contributed by atoms with Crippen LogP contribution >= 0.6 is 38.6 Å². The summed E-state index contributed by atoms with van der Waals surface area (Å²) in [5, 5.41) is 8.36. The lowest BCUT2D eigenvalue weighted by atomic mass is 10.3. The van der Waals surface area contributed by atoms with E-state index in [1.165, 1.54) is 4.88 Å². The maximum atomic E-state index is 4.58.